The number of pyridine rings is 1. The molecule has 1 aromatic heterocycles. The highest BCUT2D eigenvalue weighted by Gasteiger charge is 1.99. The molecule has 0 unspecified atom stereocenters. The number of unbranched alkanes of at least 4 members (excludes halogenated alkanes) is 5. The third kappa shape index (κ3) is 6.88. The molecular formula is C21H26BrNO. The number of benzene rings is 1. The van der Waals surface area contributed by atoms with Crippen LogP contribution in [0.5, 0.6) is 5.75 Å². The Balaban J connectivity index is 1.76. The van der Waals surface area contributed by atoms with Gasteiger partial charge >= 0.3 is 0 Å². The molecule has 0 fully saturated rings. The molecule has 0 aliphatic heterocycles. The first-order valence-electron chi connectivity index (χ1n) is 8.80. The van der Waals surface area contributed by atoms with Crippen LogP contribution in [-0.2, 0) is 0 Å². The lowest BCUT2D eigenvalue weighted by Crippen LogP contribution is -1.97. The van der Waals surface area contributed by atoms with Crippen molar-refractivity contribution in [2.45, 2.75) is 45.4 Å². The van der Waals surface area contributed by atoms with Crippen molar-refractivity contribution >= 4 is 26.5 Å². The van der Waals surface area contributed by atoms with Gasteiger partial charge in [-0.3, -0.25) is 4.98 Å². The van der Waals surface area contributed by atoms with Crippen LogP contribution in [0.3, 0.4) is 0 Å². The number of nitrogens with zero attached hydrogens (tertiary/aromatic N) is 1. The number of rotatable bonds is 10. The fourth-order valence-electron chi connectivity index (χ4n) is 2.47. The van der Waals surface area contributed by atoms with E-state index in [1.54, 1.807) is 12.4 Å². The van der Waals surface area contributed by atoms with Crippen molar-refractivity contribution in [1.29, 1.82) is 0 Å². The van der Waals surface area contributed by atoms with Gasteiger partial charge in [0.2, 0.25) is 0 Å². The molecule has 2 aromatic rings. The first kappa shape index (κ1) is 18.7. The Morgan fingerprint density at radius 2 is 1.62 bits per heavy atom. The van der Waals surface area contributed by atoms with E-state index in [1.165, 1.54) is 32.1 Å². The highest BCUT2D eigenvalue weighted by molar-refractivity contribution is 9.15. The molecule has 3 heteroatoms. The van der Waals surface area contributed by atoms with Gasteiger partial charge in [0, 0.05) is 16.9 Å². The molecule has 2 rings (SSSR count). The molecule has 2 nitrogen and oxygen atoms in total. The number of hydrogen-bond acceptors (Lipinski definition) is 2. The maximum atomic E-state index is 5.82. The molecule has 0 spiro atoms. The van der Waals surface area contributed by atoms with E-state index in [1.807, 2.05) is 24.3 Å². The lowest BCUT2D eigenvalue weighted by molar-refractivity contribution is 0.304. The Morgan fingerprint density at radius 1 is 0.958 bits per heavy atom. The number of ether oxygens (including phenoxy) is 1. The molecule has 0 saturated carbocycles. The molecule has 1 aromatic carbocycles. The van der Waals surface area contributed by atoms with Gasteiger partial charge in [0.05, 0.1) is 6.61 Å². The molecule has 24 heavy (non-hydrogen) atoms. The topological polar surface area (TPSA) is 22.1 Å². The van der Waals surface area contributed by atoms with Crippen LogP contribution in [0.15, 0.2) is 48.8 Å². The van der Waals surface area contributed by atoms with Crippen molar-refractivity contribution < 1.29 is 4.74 Å². The van der Waals surface area contributed by atoms with Crippen molar-refractivity contribution in [1.82, 2.24) is 4.98 Å². The van der Waals surface area contributed by atoms with Crippen LogP contribution in [0.25, 0.3) is 10.6 Å². The Hall–Kier alpha value is -1.61. The Labute approximate surface area is 154 Å². The van der Waals surface area contributed by atoms with Gasteiger partial charge < -0.3 is 4.74 Å². The van der Waals surface area contributed by atoms with Crippen molar-refractivity contribution in [3.8, 4) is 5.75 Å². The summed E-state index contributed by atoms with van der Waals surface area (Å²) < 4.78 is 6.86. The molecule has 128 valence electrons. The van der Waals surface area contributed by atoms with E-state index in [9.17, 15) is 0 Å². The largest absolute Gasteiger partial charge is 0.494 e. The minimum absolute atomic E-state index is 0.808. The molecule has 0 saturated heterocycles. The summed E-state index contributed by atoms with van der Waals surface area (Å²) in [5, 5.41) is 0. The van der Waals surface area contributed by atoms with E-state index < -0.39 is 0 Å². The summed E-state index contributed by atoms with van der Waals surface area (Å²) in [6.07, 6.45) is 13.4. The van der Waals surface area contributed by atoms with Gasteiger partial charge in [0.1, 0.15) is 5.75 Å². The zero-order chi connectivity index (χ0) is 17.0. The van der Waals surface area contributed by atoms with Crippen LogP contribution >= 0.6 is 15.9 Å². The predicted molar refractivity (Wildman–Crippen MR) is 106 cm³/mol. The smallest absolute Gasteiger partial charge is 0.119 e. The molecule has 0 bridgehead atoms. The first-order valence-corrected chi connectivity index (χ1v) is 9.59. The fourth-order valence-corrected chi connectivity index (χ4v) is 3.00. The standard InChI is InChI=1S/C21H26BrNO/c1-2-3-4-5-6-7-16-24-20-10-8-18(9-11-20)17-21(22)19-12-14-23-15-13-19/h8-15,17H,2-7,16H2,1H3/b21-17-. The second-order valence-electron chi connectivity index (χ2n) is 5.91. The maximum absolute atomic E-state index is 5.82. The minimum atomic E-state index is 0.808. The van der Waals surface area contributed by atoms with Gasteiger partial charge in [0.15, 0.2) is 0 Å². The SMILES string of the molecule is CCCCCCCCOc1ccc(/C=C(\Br)c2ccncc2)cc1. The summed E-state index contributed by atoms with van der Waals surface area (Å²) in [6.45, 7) is 3.06. The summed E-state index contributed by atoms with van der Waals surface area (Å²) >= 11 is 3.62. The number of halogens is 1. The van der Waals surface area contributed by atoms with E-state index in [0.29, 0.717) is 0 Å². The Morgan fingerprint density at radius 3 is 2.33 bits per heavy atom. The summed E-state index contributed by atoms with van der Waals surface area (Å²) in [6, 6.07) is 12.2. The van der Waals surface area contributed by atoms with Crippen LogP contribution in [0, 0.1) is 0 Å². The number of hydrogen-bond donors (Lipinski definition) is 0. The summed E-state index contributed by atoms with van der Waals surface area (Å²) in [5.74, 6) is 0.945. The van der Waals surface area contributed by atoms with Crippen molar-refractivity contribution in [2.24, 2.45) is 0 Å². The molecule has 1 heterocycles. The second kappa shape index (κ2) is 11.0. The monoisotopic (exact) mass is 387 g/mol. The van der Waals surface area contributed by atoms with Crippen LogP contribution in [0.4, 0.5) is 0 Å². The average Bonchev–Trinajstić information content (AvgIpc) is 2.63. The van der Waals surface area contributed by atoms with Gasteiger partial charge in [-0.15, -0.1) is 0 Å². The fraction of sp³-hybridized carbons (Fsp3) is 0.381. The average molecular weight is 388 g/mol. The lowest BCUT2D eigenvalue weighted by atomic mass is 10.1. The van der Waals surface area contributed by atoms with Gasteiger partial charge in [-0.2, -0.15) is 0 Å². The third-order valence-corrected chi connectivity index (χ3v) is 4.58. The van der Waals surface area contributed by atoms with E-state index in [2.05, 4.69) is 46.0 Å². The molecule has 0 atom stereocenters. The Bertz CT molecular complexity index is 607. The summed E-state index contributed by atoms with van der Waals surface area (Å²) in [4.78, 5) is 4.04. The van der Waals surface area contributed by atoms with E-state index in [4.69, 9.17) is 4.74 Å². The molecule has 0 radical (unpaired) electrons. The molecule has 0 aliphatic rings. The van der Waals surface area contributed by atoms with E-state index >= 15 is 0 Å². The van der Waals surface area contributed by atoms with E-state index in [-0.39, 0.29) is 0 Å². The third-order valence-electron chi connectivity index (χ3n) is 3.90. The predicted octanol–water partition coefficient (Wildman–Crippen LogP) is 6.71. The zero-order valence-corrected chi connectivity index (χ0v) is 16.0. The van der Waals surface area contributed by atoms with Crippen LogP contribution < -0.4 is 4.74 Å². The molecule has 0 amide bonds. The molecule has 0 aliphatic carbocycles. The zero-order valence-electron chi connectivity index (χ0n) is 14.4. The summed E-state index contributed by atoms with van der Waals surface area (Å²) in [7, 11) is 0. The van der Waals surface area contributed by atoms with Crippen molar-refractivity contribution in [2.75, 3.05) is 6.61 Å². The maximum Gasteiger partial charge on any atom is 0.119 e. The molecule has 0 N–H and O–H groups in total. The number of aromatic nitrogens is 1. The van der Waals surface area contributed by atoms with Crippen molar-refractivity contribution in [3.63, 3.8) is 0 Å². The van der Waals surface area contributed by atoms with Gasteiger partial charge in [0.25, 0.3) is 0 Å². The van der Waals surface area contributed by atoms with E-state index in [0.717, 1.165) is 34.4 Å². The van der Waals surface area contributed by atoms with Gasteiger partial charge in [-0.1, -0.05) is 67.1 Å². The summed E-state index contributed by atoms with van der Waals surface area (Å²) in [5.41, 5.74) is 2.26. The Kier molecular flexibility index (Phi) is 8.61. The highest BCUT2D eigenvalue weighted by Crippen LogP contribution is 2.24. The van der Waals surface area contributed by atoms with Crippen LogP contribution in [0.1, 0.15) is 56.6 Å². The quantitative estimate of drug-likeness (QED) is 0.422. The first-order chi connectivity index (χ1) is 11.8. The van der Waals surface area contributed by atoms with Gasteiger partial charge in [-0.05, 0) is 47.9 Å². The minimum Gasteiger partial charge on any atom is -0.494 e. The second-order valence-corrected chi connectivity index (χ2v) is 6.77. The normalized spacial score (nSPS) is 11.5. The van der Waals surface area contributed by atoms with Crippen LogP contribution in [0.2, 0.25) is 0 Å². The van der Waals surface area contributed by atoms with Crippen LogP contribution in [-0.4, -0.2) is 11.6 Å². The highest BCUT2D eigenvalue weighted by atomic mass is 79.9. The van der Waals surface area contributed by atoms with Gasteiger partial charge in [-0.25, -0.2) is 0 Å². The van der Waals surface area contributed by atoms with Crippen molar-refractivity contribution in [3.05, 3.63) is 59.9 Å². The lowest BCUT2D eigenvalue weighted by Gasteiger charge is -2.07. The molecular weight excluding hydrogens is 362 g/mol.